The number of nitrogens with zero attached hydrogens (tertiary/aromatic N) is 1. The molecule has 0 radical (unpaired) electrons. The van der Waals surface area contributed by atoms with Crippen LogP contribution in [0.4, 0.5) is 0 Å². The van der Waals surface area contributed by atoms with Gasteiger partial charge >= 0.3 is 0 Å². The number of hydrogen-bond donors (Lipinski definition) is 0. The van der Waals surface area contributed by atoms with Crippen molar-refractivity contribution in [3.63, 3.8) is 0 Å². The summed E-state index contributed by atoms with van der Waals surface area (Å²) in [6.45, 7) is 5.53. The van der Waals surface area contributed by atoms with Gasteiger partial charge < -0.3 is 4.90 Å². The van der Waals surface area contributed by atoms with Crippen LogP contribution in [0.15, 0.2) is 12.2 Å². The third-order valence-electron chi connectivity index (χ3n) is 1.24. The lowest BCUT2D eigenvalue weighted by molar-refractivity contribution is 0.455. The number of rotatable bonds is 4. The Morgan fingerprint density at radius 1 is 1.20 bits per heavy atom. The van der Waals surface area contributed by atoms with Gasteiger partial charge in [0, 0.05) is 6.54 Å². The molecule has 0 saturated heterocycles. The van der Waals surface area contributed by atoms with Crippen LogP contribution in [0.2, 0.25) is 0 Å². The Kier molecular flexibility index (Phi) is 5.32. The van der Waals surface area contributed by atoms with E-state index in [1.54, 1.807) is 0 Å². The van der Waals surface area contributed by atoms with Gasteiger partial charge in [-0.25, -0.2) is 0 Å². The predicted octanol–water partition coefficient (Wildman–Crippen LogP) is 2.15. The highest BCUT2D eigenvalue weighted by atomic mass is 15.0. The van der Waals surface area contributed by atoms with Gasteiger partial charge in [0.2, 0.25) is 0 Å². The zero-order valence-corrected chi connectivity index (χ0v) is 7.59. The van der Waals surface area contributed by atoms with Crippen molar-refractivity contribution in [2.75, 3.05) is 20.6 Å². The van der Waals surface area contributed by atoms with Crippen molar-refractivity contribution < 1.29 is 0 Å². The molecule has 0 bridgehead atoms. The maximum Gasteiger partial charge on any atom is 0.0157 e. The van der Waals surface area contributed by atoms with Gasteiger partial charge in [-0.15, -0.1) is 0 Å². The third kappa shape index (κ3) is 7.70. The fourth-order valence-electron chi connectivity index (χ4n) is 0.654. The monoisotopic (exact) mass is 141 g/mol. The van der Waals surface area contributed by atoms with Crippen molar-refractivity contribution in [1.29, 1.82) is 0 Å². The van der Waals surface area contributed by atoms with Crippen molar-refractivity contribution in [1.82, 2.24) is 4.90 Å². The van der Waals surface area contributed by atoms with Crippen LogP contribution in [-0.4, -0.2) is 25.5 Å². The number of hydrogen-bond acceptors (Lipinski definition) is 1. The lowest BCUT2D eigenvalue weighted by Gasteiger charge is -2.03. The van der Waals surface area contributed by atoms with Crippen LogP contribution in [0.1, 0.15) is 20.3 Å². The third-order valence-corrected chi connectivity index (χ3v) is 1.24. The molecular weight excluding hydrogens is 122 g/mol. The van der Waals surface area contributed by atoms with Crippen LogP contribution < -0.4 is 0 Å². The summed E-state index contributed by atoms with van der Waals surface area (Å²) in [4.78, 5) is 2.16. The van der Waals surface area contributed by atoms with E-state index in [0.717, 1.165) is 12.5 Å². The first-order valence-electron chi connectivity index (χ1n) is 3.92. The van der Waals surface area contributed by atoms with Gasteiger partial charge in [-0.05, 0) is 26.4 Å². The molecule has 0 aliphatic heterocycles. The number of allylic oxidation sites excluding steroid dienone is 1. The lowest BCUT2D eigenvalue weighted by atomic mass is 10.1. The largest absolute Gasteiger partial charge is 0.306 e. The topological polar surface area (TPSA) is 3.24 Å². The highest BCUT2D eigenvalue weighted by Crippen LogP contribution is 1.99. The highest BCUT2D eigenvalue weighted by Gasteiger charge is 1.87. The minimum Gasteiger partial charge on any atom is -0.306 e. The second kappa shape index (κ2) is 5.48. The standard InChI is InChI=1S/C9H19N/c1-9(2)7-5-6-8-10(3)4/h5-6,9H,7-8H2,1-4H3/b6-5-. The fourth-order valence-corrected chi connectivity index (χ4v) is 0.654. The second-order valence-electron chi connectivity index (χ2n) is 3.36. The van der Waals surface area contributed by atoms with E-state index in [2.05, 4.69) is 45.0 Å². The molecule has 0 rings (SSSR count). The molecule has 0 aromatic carbocycles. The summed E-state index contributed by atoms with van der Waals surface area (Å²) in [5, 5.41) is 0. The molecule has 0 heterocycles. The summed E-state index contributed by atoms with van der Waals surface area (Å²) in [7, 11) is 4.17. The molecule has 0 aliphatic carbocycles. The molecule has 0 unspecified atom stereocenters. The van der Waals surface area contributed by atoms with Gasteiger partial charge in [0.15, 0.2) is 0 Å². The Hall–Kier alpha value is -0.300. The van der Waals surface area contributed by atoms with E-state index in [9.17, 15) is 0 Å². The Balaban J connectivity index is 3.20. The molecule has 1 heteroatoms. The van der Waals surface area contributed by atoms with Crippen molar-refractivity contribution in [3.05, 3.63) is 12.2 Å². The molecule has 10 heavy (non-hydrogen) atoms. The summed E-state index contributed by atoms with van der Waals surface area (Å²) in [5.41, 5.74) is 0. The first-order chi connectivity index (χ1) is 4.63. The van der Waals surface area contributed by atoms with Crippen LogP contribution >= 0.6 is 0 Å². The summed E-state index contributed by atoms with van der Waals surface area (Å²) in [6.07, 6.45) is 5.68. The average molecular weight is 141 g/mol. The van der Waals surface area contributed by atoms with E-state index in [1.165, 1.54) is 6.42 Å². The molecule has 0 aromatic rings. The Morgan fingerprint density at radius 3 is 2.20 bits per heavy atom. The first-order valence-corrected chi connectivity index (χ1v) is 3.92. The molecule has 60 valence electrons. The van der Waals surface area contributed by atoms with E-state index >= 15 is 0 Å². The molecule has 0 fully saturated rings. The lowest BCUT2D eigenvalue weighted by Crippen LogP contribution is -2.10. The minimum atomic E-state index is 0.790. The quantitative estimate of drug-likeness (QED) is 0.542. The maximum atomic E-state index is 2.25. The highest BCUT2D eigenvalue weighted by molar-refractivity contribution is 4.84. The van der Waals surface area contributed by atoms with Crippen molar-refractivity contribution in [2.45, 2.75) is 20.3 Å². The Labute approximate surface area is 64.7 Å². The van der Waals surface area contributed by atoms with Gasteiger partial charge in [-0.3, -0.25) is 0 Å². The molecule has 0 saturated carbocycles. The smallest absolute Gasteiger partial charge is 0.0157 e. The Bertz CT molecular complexity index is 80.9. The van der Waals surface area contributed by atoms with Gasteiger partial charge in [0.05, 0.1) is 0 Å². The molecule has 0 spiro atoms. The van der Waals surface area contributed by atoms with E-state index < -0.39 is 0 Å². The zero-order chi connectivity index (χ0) is 7.98. The first kappa shape index (κ1) is 9.70. The SMILES string of the molecule is CC(C)C/C=C\CN(C)C. The molecular formula is C9H19N. The molecule has 0 aromatic heterocycles. The van der Waals surface area contributed by atoms with Gasteiger partial charge in [-0.2, -0.15) is 0 Å². The van der Waals surface area contributed by atoms with Crippen LogP contribution in [0, 0.1) is 5.92 Å². The average Bonchev–Trinajstić information content (AvgIpc) is 1.79. The van der Waals surface area contributed by atoms with Crippen LogP contribution in [0.3, 0.4) is 0 Å². The van der Waals surface area contributed by atoms with Crippen molar-refractivity contribution in [2.24, 2.45) is 5.92 Å². The molecule has 0 aliphatic rings. The van der Waals surface area contributed by atoms with E-state index in [0.29, 0.717) is 0 Å². The van der Waals surface area contributed by atoms with Gasteiger partial charge in [0.1, 0.15) is 0 Å². The van der Waals surface area contributed by atoms with Crippen molar-refractivity contribution in [3.8, 4) is 0 Å². The predicted molar refractivity (Wildman–Crippen MR) is 47.1 cm³/mol. The fraction of sp³-hybridized carbons (Fsp3) is 0.778. The molecule has 0 N–H and O–H groups in total. The summed E-state index contributed by atoms with van der Waals surface area (Å²) in [5.74, 6) is 0.790. The molecule has 0 amide bonds. The minimum absolute atomic E-state index is 0.790. The zero-order valence-electron chi connectivity index (χ0n) is 7.59. The van der Waals surface area contributed by atoms with Crippen LogP contribution in [0.5, 0.6) is 0 Å². The van der Waals surface area contributed by atoms with E-state index in [4.69, 9.17) is 0 Å². The normalized spacial score (nSPS) is 12.2. The van der Waals surface area contributed by atoms with E-state index in [1.807, 2.05) is 0 Å². The van der Waals surface area contributed by atoms with Crippen LogP contribution in [-0.2, 0) is 0 Å². The molecule has 1 nitrogen and oxygen atoms in total. The Morgan fingerprint density at radius 2 is 1.80 bits per heavy atom. The maximum absolute atomic E-state index is 2.25. The molecule has 0 atom stereocenters. The second-order valence-corrected chi connectivity index (χ2v) is 3.36. The summed E-state index contributed by atoms with van der Waals surface area (Å²) >= 11 is 0. The van der Waals surface area contributed by atoms with E-state index in [-0.39, 0.29) is 0 Å². The van der Waals surface area contributed by atoms with Gasteiger partial charge in [-0.1, -0.05) is 26.0 Å². The summed E-state index contributed by atoms with van der Waals surface area (Å²) in [6, 6.07) is 0. The van der Waals surface area contributed by atoms with Gasteiger partial charge in [0.25, 0.3) is 0 Å². The summed E-state index contributed by atoms with van der Waals surface area (Å²) < 4.78 is 0. The van der Waals surface area contributed by atoms with Crippen LogP contribution in [0.25, 0.3) is 0 Å². The van der Waals surface area contributed by atoms with Crippen molar-refractivity contribution >= 4 is 0 Å². The number of likely N-dealkylation sites (N-methyl/N-ethyl adjacent to an activating group) is 1.